The number of pyridine rings is 1. The van der Waals surface area contributed by atoms with E-state index in [1.807, 2.05) is 20.8 Å². The normalized spacial score (nSPS) is 10.6. The summed E-state index contributed by atoms with van der Waals surface area (Å²) in [6.07, 6.45) is 2.24. The second-order valence-electron chi connectivity index (χ2n) is 3.92. The molecule has 0 spiro atoms. The molecule has 1 aromatic heterocycles. The Morgan fingerprint density at radius 2 is 2.12 bits per heavy atom. The zero-order valence-corrected chi connectivity index (χ0v) is 10.6. The van der Waals surface area contributed by atoms with E-state index in [0.29, 0.717) is 31.1 Å². The van der Waals surface area contributed by atoms with E-state index in [0.717, 1.165) is 0 Å². The van der Waals surface area contributed by atoms with Crippen LogP contribution in [0.15, 0.2) is 18.3 Å². The molecular weight excluding hydrogens is 218 g/mol. The number of hydrogen-bond donors (Lipinski definition) is 0. The van der Waals surface area contributed by atoms with E-state index in [-0.39, 0.29) is 11.9 Å². The van der Waals surface area contributed by atoms with Gasteiger partial charge in [-0.1, -0.05) is 6.92 Å². The van der Waals surface area contributed by atoms with Gasteiger partial charge in [-0.15, -0.1) is 0 Å². The van der Waals surface area contributed by atoms with Crippen molar-refractivity contribution in [3.63, 3.8) is 0 Å². The van der Waals surface area contributed by atoms with E-state index in [1.165, 1.54) is 0 Å². The van der Waals surface area contributed by atoms with Crippen LogP contribution in [0.1, 0.15) is 37.7 Å². The highest BCUT2D eigenvalue weighted by molar-refractivity contribution is 5.93. The van der Waals surface area contributed by atoms with Gasteiger partial charge in [-0.05, 0) is 26.0 Å². The van der Waals surface area contributed by atoms with Gasteiger partial charge in [0.15, 0.2) is 5.78 Å². The summed E-state index contributed by atoms with van der Waals surface area (Å²) in [5.41, 5.74) is 0.485. The van der Waals surface area contributed by atoms with E-state index in [9.17, 15) is 4.79 Å². The molecule has 17 heavy (non-hydrogen) atoms. The predicted molar refractivity (Wildman–Crippen MR) is 65.4 cm³/mol. The molecule has 0 bridgehead atoms. The molecule has 4 nitrogen and oxygen atoms in total. The number of carbonyl (C=O) groups is 1. The van der Waals surface area contributed by atoms with E-state index >= 15 is 0 Å². The number of ketones is 1. The Kier molecular flexibility index (Phi) is 5.63. The van der Waals surface area contributed by atoms with Crippen molar-refractivity contribution >= 4 is 5.78 Å². The van der Waals surface area contributed by atoms with Gasteiger partial charge in [0.25, 0.3) is 0 Å². The summed E-state index contributed by atoms with van der Waals surface area (Å²) in [4.78, 5) is 15.4. The maximum Gasteiger partial charge on any atom is 0.180 e. The van der Waals surface area contributed by atoms with Crippen LogP contribution in [-0.2, 0) is 4.74 Å². The SMILES string of the molecule is CCC(=O)c1ccc(OCCOC(C)C)cn1. The maximum atomic E-state index is 11.3. The van der Waals surface area contributed by atoms with E-state index < -0.39 is 0 Å². The summed E-state index contributed by atoms with van der Waals surface area (Å²) >= 11 is 0. The zero-order chi connectivity index (χ0) is 12.7. The summed E-state index contributed by atoms with van der Waals surface area (Å²) in [7, 11) is 0. The highest BCUT2D eigenvalue weighted by Crippen LogP contribution is 2.10. The molecule has 1 aromatic rings. The van der Waals surface area contributed by atoms with Crippen molar-refractivity contribution in [2.45, 2.75) is 33.3 Å². The monoisotopic (exact) mass is 237 g/mol. The first-order valence-corrected chi connectivity index (χ1v) is 5.87. The molecular formula is C13H19NO3. The zero-order valence-electron chi connectivity index (χ0n) is 10.6. The van der Waals surface area contributed by atoms with Crippen LogP contribution in [0.2, 0.25) is 0 Å². The lowest BCUT2D eigenvalue weighted by molar-refractivity contribution is 0.0552. The van der Waals surface area contributed by atoms with Gasteiger partial charge >= 0.3 is 0 Å². The molecule has 0 aliphatic carbocycles. The smallest absolute Gasteiger partial charge is 0.180 e. The van der Waals surface area contributed by atoms with Gasteiger partial charge < -0.3 is 9.47 Å². The van der Waals surface area contributed by atoms with Crippen molar-refractivity contribution in [3.05, 3.63) is 24.0 Å². The molecule has 94 valence electrons. The van der Waals surface area contributed by atoms with Gasteiger partial charge in [0.2, 0.25) is 0 Å². The fraction of sp³-hybridized carbons (Fsp3) is 0.538. The Bertz CT molecular complexity index is 346. The second kappa shape index (κ2) is 7.01. The predicted octanol–water partition coefficient (Wildman–Crippen LogP) is 2.48. The number of nitrogens with zero attached hydrogens (tertiary/aromatic N) is 1. The lowest BCUT2D eigenvalue weighted by Crippen LogP contribution is -2.11. The minimum Gasteiger partial charge on any atom is -0.490 e. The van der Waals surface area contributed by atoms with E-state index in [2.05, 4.69) is 4.98 Å². The molecule has 0 radical (unpaired) electrons. The number of Topliss-reactive ketones (excluding diaryl/α,β-unsaturated/α-hetero) is 1. The third-order valence-electron chi connectivity index (χ3n) is 2.15. The molecule has 0 aliphatic heterocycles. The van der Waals surface area contributed by atoms with Crippen molar-refractivity contribution in [2.75, 3.05) is 13.2 Å². The van der Waals surface area contributed by atoms with Crippen LogP contribution in [0.3, 0.4) is 0 Å². The van der Waals surface area contributed by atoms with E-state index in [4.69, 9.17) is 9.47 Å². The van der Waals surface area contributed by atoms with Gasteiger partial charge in [0.1, 0.15) is 18.1 Å². The van der Waals surface area contributed by atoms with Crippen molar-refractivity contribution in [1.82, 2.24) is 4.98 Å². The third-order valence-corrected chi connectivity index (χ3v) is 2.15. The van der Waals surface area contributed by atoms with Crippen molar-refractivity contribution in [1.29, 1.82) is 0 Å². The van der Waals surface area contributed by atoms with Crippen LogP contribution in [0.4, 0.5) is 0 Å². The van der Waals surface area contributed by atoms with Crippen LogP contribution in [0.5, 0.6) is 5.75 Å². The van der Waals surface area contributed by atoms with Gasteiger partial charge in [0, 0.05) is 6.42 Å². The second-order valence-corrected chi connectivity index (χ2v) is 3.92. The Morgan fingerprint density at radius 3 is 2.65 bits per heavy atom. The average molecular weight is 237 g/mol. The standard InChI is InChI=1S/C13H19NO3/c1-4-13(15)12-6-5-11(9-14-12)17-8-7-16-10(2)3/h5-6,9-10H,4,7-8H2,1-3H3. The number of hydrogen-bond acceptors (Lipinski definition) is 4. The van der Waals surface area contributed by atoms with Crippen LogP contribution >= 0.6 is 0 Å². The fourth-order valence-electron chi connectivity index (χ4n) is 1.26. The molecule has 4 heteroatoms. The van der Waals surface area contributed by atoms with Crippen LogP contribution in [-0.4, -0.2) is 30.1 Å². The van der Waals surface area contributed by atoms with Crippen LogP contribution in [0, 0.1) is 0 Å². The highest BCUT2D eigenvalue weighted by Gasteiger charge is 2.04. The third kappa shape index (κ3) is 4.95. The number of aromatic nitrogens is 1. The van der Waals surface area contributed by atoms with Gasteiger partial charge in [-0.3, -0.25) is 4.79 Å². The molecule has 0 atom stereocenters. The minimum absolute atomic E-state index is 0.0414. The van der Waals surface area contributed by atoms with Crippen molar-refractivity contribution < 1.29 is 14.3 Å². The highest BCUT2D eigenvalue weighted by atomic mass is 16.5. The summed E-state index contributed by atoms with van der Waals surface area (Å²) in [6.45, 7) is 6.81. The van der Waals surface area contributed by atoms with Crippen LogP contribution < -0.4 is 4.74 Å². The molecule has 0 aliphatic rings. The molecule has 0 fully saturated rings. The molecule has 0 aromatic carbocycles. The lowest BCUT2D eigenvalue weighted by Gasteiger charge is -2.09. The summed E-state index contributed by atoms with van der Waals surface area (Å²) in [5, 5.41) is 0. The van der Waals surface area contributed by atoms with Gasteiger partial charge in [-0.2, -0.15) is 0 Å². The minimum atomic E-state index is 0.0414. The number of carbonyl (C=O) groups excluding carboxylic acids is 1. The molecule has 0 unspecified atom stereocenters. The van der Waals surface area contributed by atoms with Gasteiger partial charge in [0.05, 0.1) is 18.9 Å². The average Bonchev–Trinajstić information content (AvgIpc) is 2.34. The number of rotatable bonds is 7. The molecule has 1 heterocycles. The summed E-state index contributed by atoms with van der Waals surface area (Å²) in [6, 6.07) is 3.44. The lowest BCUT2D eigenvalue weighted by atomic mass is 10.2. The first kappa shape index (κ1) is 13.6. The largest absolute Gasteiger partial charge is 0.490 e. The van der Waals surface area contributed by atoms with Crippen LogP contribution in [0.25, 0.3) is 0 Å². The first-order chi connectivity index (χ1) is 8.13. The van der Waals surface area contributed by atoms with Crippen molar-refractivity contribution in [2.24, 2.45) is 0 Å². The molecule has 0 N–H and O–H groups in total. The van der Waals surface area contributed by atoms with Crippen molar-refractivity contribution in [3.8, 4) is 5.75 Å². The molecule has 0 saturated heterocycles. The molecule has 1 rings (SSSR count). The van der Waals surface area contributed by atoms with E-state index in [1.54, 1.807) is 18.3 Å². The maximum absolute atomic E-state index is 11.3. The summed E-state index contributed by atoms with van der Waals surface area (Å²) < 4.78 is 10.8. The van der Waals surface area contributed by atoms with Gasteiger partial charge in [-0.25, -0.2) is 4.98 Å². The Hall–Kier alpha value is -1.42. The summed E-state index contributed by atoms with van der Waals surface area (Å²) in [5.74, 6) is 0.699. The molecule has 0 saturated carbocycles. The Morgan fingerprint density at radius 1 is 1.35 bits per heavy atom. The Labute approximate surface area is 102 Å². The first-order valence-electron chi connectivity index (χ1n) is 5.87. The fourth-order valence-corrected chi connectivity index (χ4v) is 1.26. The quantitative estimate of drug-likeness (QED) is 0.540. The number of ether oxygens (including phenoxy) is 2. The topological polar surface area (TPSA) is 48.4 Å². The molecule has 0 amide bonds. The Balaban J connectivity index is 2.38.